The molecule has 10 nitrogen and oxygen atoms in total. The minimum absolute atomic E-state index is 0.174. The molecule has 3 aromatic rings. The Kier molecular flexibility index (Phi) is 8.17. The van der Waals surface area contributed by atoms with Gasteiger partial charge in [-0.3, -0.25) is 14.7 Å². The number of nitrogens with zero attached hydrogens (tertiary/aromatic N) is 6. The minimum Gasteiger partial charge on any atom is -0.390 e. The molecule has 1 fully saturated rings. The quantitative estimate of drug-likeness (QED) is 0.295. The third-order valence-electron chi connectivity index (χ3n) is 6.21. The summed E-state index contributed by atoms with van der Waals surface area (Å²) < 4.78 is 0. The highest BCUT2D eigenvalue weighted by molar-refractivity contribution is 6.08. The van der Waals surface area contributed by atoms with Crippen LogP contribution in [0.4, 0.5) is 11.6 Å². The Hall–Kier alpha value is -3.92. The van der Waals surface area contributed by atoms with Crippen LogP contribution < -0.4 is 10.6 Å². The van der Waals surface area contributed by atoms with Crippen LogP contribution in [0, 0.1) is 5.41 Å². The third kappa shape index (κ3) is 6.39. The highest BCUT2D eigenvalue weighted by Gasteiger charge is 2.19. The van der Waals surface area contributed by atoms with Crippen molar-refractivity contribution in [3.8, 4) is 0 Å². The Morgan fingerprint density at radius 3 is 2.81 bits per heavy atom. The molecule has 0 atom stereocenters. The van der Waals surface area contributed by atoms with Crippen molar-refractivity contribution in [2.75, 3.05) is 45.1 Å². The van der Waals surface area contributed by atoms with Gasteiger partial charge in [-0.15, -0.1) is 5.10 Å². The molecule has 0 saturated carbocycles. The molecule has 0 aliphatic carbocycles. The Labute approximate surface area is 211 Å². The number of carbonyl (C=O) groups is 1. The zero-order chi connectivity index (χ0) is 25.5. The maximum Gasteiger partial charge on any atom is 0.236 e. The van der Waals surface area contributed by atoms with Crippen LogP contribution in [0.25, 0.3) is 16.6 Å². The van der Waals surface area contributed by atoms with E-state index in [1.165, 1.54) is 6.21 Å². The Morgan fingerprint density at radius 2 is 2.03 bits per heavy atom. The largest absolute Gasteiger partial charge is 0.390 e. The van der Waals surface area contributed by atoms with Crippen molar-refractivity contribution in [1.82, 2.24) is 35.3 Å². The monoisotopic (exact) mass is 487 g/mol. The maximum atomic E-state index is 11.8. The number of piperazine rings is 1. The van der Waals surface area contributed by atoms with Crippen LogP contribution in [0.5, 0.6) is 0 Å². The molecule has 0 aromatic carbocycles. The van der Waals surface area contributed by atoms with Crippen LogP contribution in [-0.4, -0.2) is 81.9 Å². The van der Waals surface area contributed by atoms with Gasteiger partial charge in [0.1, 0.15) is 5.82 Å². The molecular weight excluding hydrogens is 454 g/mol. The van der Waals surface area contributed by atoms with E-state index in [2.05, 4.69) is 44.6 Å². The molecule has 188 valence electrons. The van der Waals surface area contributed by atoms with Gasteiger partial charge in [0.15, 0.2) is 5.82 Å². The van der Waals surface area contributed by atoms with Crippen molar-refractivity contribution >= 4 is 40.4 Å². The first kappa shape index (κ1) is 25.2. The number of anilines is 2. The molecule has 4 rings (SSSR count). The fourth-order valence-corrected chi connectivity index (χ4v) is 3.92. The second kappa shape index (κ2) is 11.7. The topological polar surface area (TPSA) is 123 Å². The number of aromatic nitrogens is 4. The lowest BCUT2D eigenvalue weighted by Gasteiger charge is -2.31. The van der Waals surface area contributed by atoms with Gasteiger partial charge in [0.05, 0.1) is 23.8 Å². The van der Waals surface area contributed by atoms with E-state index in [1.54, 1.807) is 17.3 Å². The molecule has 1 aliphatic rings. The first-order valence-corrected chi connectivity index (χ1v) is 12.2. The number of hydrogen-bond acceptors (Lipinski definition) is 9. The molecule has 0 spiro atoms. The molecule has 3 N–H and O–H groups in total. The van der Waals surface area contributed by atoms with Gasteiger partial charge in [-0.25, -0.2) is 4.98 Å². The number of allylic oxidation sites excluding steroid dienone is 1. The Balaban J connectivity index is 1.39. The second-order valence-corrected chi connectivity index (χ2v) is 9.26. The van der Waals surface area contributed by atoms with Crippen molar-refractivity contribution < 1.29 is 4.79 Å². The maximum absolute atomic E-state index is 11.8. The lowest BCUT2D eigenvalue weighted by atomic mass is 10.1. The van der Waals surface area contributed by atoms with E-state index >= 15 is 0 Å². The fourth-order valence-electron chi connectivity index (χ4n) is 3.92. The summed E-state index contributed by atoms with van der Waals surface area (Å²) in [5.41, 5.74) is 4.11. The molecular formula is C26H33N9O. The number of carbonyl (C=O) groups excluding carboxylic acids is 1. The van der Waals surface area contributed by atoms with E-state index < -0.39 is 0 Å². The van der Waals surface area contributed by atoms with Crippen LogP contribution >= 0.6 is 0 Å². The molecule has 10 heteroatoms. The third-order valence-corrected chi connectivity index (χ3v) is 6.21. The van der Waals surface area contributed by atoms with Crippen molar-refractivity contribution in [2.45, 2.75) is 26.2 Å². The van der Waals surface area contributed by atoms with Crippen LogP contribution in [0.15, 0.2) is 42.9 Å². The summed E-state index contributed by atoms with van der Waals surface area (Å²) in [5.74, 6) is 1.82. The number of fused-ring (bicyclic) bond motifs is 1. The van der Waals surface area contributed by atoms with Gasteiger partial charge < -0.3 is 20.9 Å². The number of rotatable bonds is 10. The smallest absolute Gasteiger partial charge is 0.236 e. The minimum atomic E-state index is 0.174. The Bertz CT molecular complexity index is 1260. The van der Waals surface area contributed by atoms with Gasteiger partial charge >= 0.3 is 0 Å². The molecule has 0 unspecified atom stereocenters. The number of amides is 1. The standard InChI is InChI=1S/C26H33N9O/c1-18(2)19-12-25(33-30-16-19)32-24-6-5-22-23(31-24)11-20(15-29-22)21(13-27)14-28-7-4-8-35-10-9-34(3)26(36)17-35/h5-6,11-16,18,27-28H,4,7-10,17H2,1-3H3,(H,31,32,33)/b21-14+,27-13?. The zero-order valence-electron chi connectivity index (χ0n) is 21.0. The van der Waals surface area contributed by atoms with Gasteiger partial charge in [0, 0.05) is 63.0 Å². The first-order valence-electron chi connectivity index (χ1n) is 12.2. The highest BCUT2D eigenvalue weighted by Crippen LogP contribution is 2.21. The molecule has 0 bridgehead atoms. The molecule has 1 amide bonds. The average molecular weight is 488 g/mol. The normalized spacial score (nSPS) is 14.9. The van der Waals surface area contributed by atoms with Crippen LogP contribution in [0.1, 0.15) is 37.3 Å². The van der Waals surface area contributed by atoms with E-state index in [-0.39, 0.29) is 5.91 Å². The van der Waals surface area contributed by atoms with Crippen molar-refractivity contribution in [2.24, 2.45) is 0 Å². The fraction of sp³-hybridized carbons (Fsp3) is 0.385. The molecule has 4 heterocycles. The number of pyridine rings is 2. The van der Waals surface area contributed by atoms with Crippen molar-refractivity contribution in [3.05, 3.63) is 54.0 Å². The van der Waals surface area contributed by atoms with E-state index in [0.29, 0.717) is 24.1 Å². The van der Waals surface area contributed by atoms with Crippen molar-refractivity contribution in [3.63, 3.8) is 0 Å². The van der Waals surface area contributed by atoms with Crippen LogP contribution in [0.2, 0.25) is 0 Å². The SMILES string of the molecule is CC(C)c1cnnc(Nc2ccc3ncc(/C(C=N)=C/NCCCN4CCN(C)C(=O)C4)cc3n2)c1. The number of nitrogens with one attached hydrogen (secondary N) is 3. The predicted molar refractivity (Wildman–Crippen MR) is 142 cm³/mol. The van der Waals surface area contributed by atoms with E-state index in [4.69, 9.17) is 10.4 Å². The van der Waals surface area contributed by atoms with E-state index in [9.17, 15) is 4.79 Å². The lowest BCUT2D eigenvalue weighted by Crippen LogP contribution is -2.48. The lowest BCUT2D eigenvalue weighted by molar-refractivity contribution is -0.134. The van der Waals surface area contributed by atoms with Gasteiger partial charge in [-0.1, -0.05) is 13.8 Å². The van der Waals surface area contributed by atoms with E-state index in [1.807, 2.05) is 37.5 Å². The summed E-state index contributed by atoms with van der Waals surface area (Å²) in [4.78, 5) is 25.0. The highest BCUT2D eigenvalue weighted by atomic mass is 16.2. The molecule has 1 saturated heterocycles. The van der Waals surface area contributed by atoms with Gasteiger partial charge in [0.25, 0.3) is 0 Å². The van der Waals surface area contributed by atoms with Crippen LogP contribution in [-0.2, 0) is 4.79 Å². The molecule has 1 aliphatic heterocycles. The summed E-state index contributed by atoms with van der Waals surface area (Å²) in [6.07, 6.45) is 7.58. The number of likely N-dealkylation sites (N-methyl/N-ethyl adjacent to an activating group) is 1. The Morgan fingerprint density at radius 1 is 1.17 bits per heavy atom. The molecule has 3 aromatic heterocycles. The van der Waals surface area contributed by atoms with Gasteiger partial charge in [0.2, 0.25) is 5.91 Å². The summed E-state index contributed by atoms with van der Waals surface area (Å²) in [5, 5.41) is 22.6. The summed E-state index contributed by atoms with van der Waals surface area (Å²) >= 11 is 0. The number of hydrogen-bond donors (Lipinski definition) is 3. The van der Waals surface area contributed by atoms with Crippen LogP contribution in [0.3, 0.4) is 0 Å². The summed E-state index contributed by atoms with van der Waals surface area (Å²) in [6, 6.07) is 7.67. The molecule has 0 radical (unpaired) electrons. The van der Waals surface area contributed by atoms with Gasteiger partial charge in [-0.05, 0) is 42.2 Å². The molecule has 36 heavy (non-hydrogen) atoms. The second-order valence-electron chi connectivity index (χ2n) is 9.26. The predicted octanol–water partition coefficient (Wildman–Crippen LogP) is 3.03. The summed E-state index contributed by atoms with van der Waals surface area (Å²) in [6.45, 7) is 8.01. The average Bonchev–Trinajstić information content (AvgIpc) is 2.88. The van der Waals surface area contributed by atoms with Crippen molar-refractivity contribution in [1.29, 1.82) is 5.41 Å². The zero-order valence-corrected chi connectivity index (χ0v) is 21.0. The van der Waals surface area contributed by atoms with E-state index in [0.717, 1.165) is 60.3 Å². The summed E-state index contributed by atoms with van der Waals surface area (Å²) in [7, 11) is 1.85. The first-order chi connectivity index (χ1) is 17.4. The van der Waals surface area contributed by atoms with Gasteiger partial charge in [-0.2, -0.15) is 5.10 Å².